The molecule has 0 radical (unpaired) electrons. The van der Waals surface area contributed by atoms with E-state index in [0.717, 1.165) is 11.1 Å². The van der Waals surface area contributed by atoms with Crippen molar-refractivity contribution in [2.24, 2.45) is 0 Å². The van der Waals surface area contributed by atoms with Gasteiger partial charge in [0, 0.05) is 20.0 Å². The van der Waals surface area contributed by atoms with Gasteiger partial charge in [-0.25, -0.2) is 0 Å². The zero-order valence-corrected chi connectivity index (χ0v) is 26.2. The van der Waals surface area contributed by atoms with Crippen molar-refractivity contribution in [3.05, 3.63) is 108 Å². The molecule has 9 nitrogen and oxygen atoms in total. The van der Waals surface area contributed by atoms with Gasteiger partial charge < -0.3 is 28.4 Å². The molecule has 2 aliphatic rings. The Balaban J connectivity index is 1.30. The lowest BCUT2D eigenvalue weighted by Gasteiger charge is -2.44. The van der Waals surface area contributed by atoms with E-state index in [2.05, 4.69) is 0 Å². The van der Waals surface area contributed by atoms with Crippen molar-refractivity contribution >= 4 is 10.1 Å². The molecule has 2 saturated heterocycles. The molecule has 3 aromatic carbocycles. The van der Waals surface area contributed by atoms with E-state index in [4.69, 9.17) is 32.6 Å². The highest BCUT2D eigenvalue weighted by atomic mass is 32.2. The third-order valence-corrected chi connectivity index (χ3v) is 9.07. The summed E-state index contributed by atoms with van der Waals surface area (Å²) < 4.78 is 69.2. The van der Waals surface area contributed by atoms with Crippen molar-refractivity contribution in [3.8, 4) is 0 Å². The highest BCUT2D eigenvalue weighted by Gasteiger charge is 2.45. The second kappa shape index (κ2) is 15.6. The number of hydrogen-bond donors (Lipinski definition) is 0. The van der Waals surface area contributed by atoms with E-state index in [1.807, 2.05) is 73.7 Å². The van der Waals surface area contributed by atoms with Crippen molar-refractivity contribution in [3.63, 3.8) is 0 Å². The van der Waals surface area contributed by atoms with Crippen LogP contribution in [0.3, 0.4) is 0 Å². The molecule has 0 unspecified atom stereocenters. The monoisotopic (exact) mass is 626 g/mol. The van der Waals surface area contributed by atoms with E-state index in [9.17, 15) is 8.42 Å². The van der Waals surface area contributed by atoms with Crippen LogP contribution in [0.15, 0.2) is 91.0 Å². The molecule has 8 atom stereocenters. The highest BCUT2D eigenvalue weighted by Crippen LogP contribution is 2.33. The maximum atomic E-state index is 13.2. The van der Waals surface area contributed by atoms with Crippen LogP contribution in [0, 0.1) is 0 Å². The SMILES string of the molecule is CO[C@@H]1C[C@@H](OCc2ccccc2)[C@H](O[C@@H]2C[C@@H](OCc3ccccc3)[C@H](OS(=O)(=O)Cc3ccccc3)[C@@H](C)O2)[C@@H](C)O1. The lowest BCUT2D eigenvalue weighted by Crippen LogP contribution is -2.55. The lowest BCUT2D eigenvalue weighted by molar-refractivity contribution is -0.315. The Labute approximate surface area is 260 Å². The first-order valence-corrected chi connectivity index (χ1v) is 16.6. The predicted molar refractivity (Wildman–Crippen MR) is 164 cm³/mol. The van der Waals surface area contributed by atoms with E-state index in [1.165, 1.54) is 0 Å². The van der Waals surface area contributed by atoms with Crippen LogP contribution >= 0.6 is 0 Å². The van der Waals surface area contributed by atoms with Crippen LogP contribution in [0.25, 0.3) is 0 Å². The Morgan fingerprint density at radius 3 is 1.66 bits per heavy atom. The topological polar surface area (TPSA) is 98.8 Å². The minimum atomic E-state index is -3.94. The second-order valence-corrected chi connectivity index (χ2v) is 12.9. The number of benzene rings is 3. The molecule has 2 heterocycles. The van der Waals surface area contributed by atoms with Crippen molar-refractivity contribution in [1.82, 2.24) is 0 Å². The fourth-order valence-electron chi connectivity index (χ4n) is 5.61. The van der Waals surface area contributed by atoms with Gasteiger partial charge >= 0.3 is 0 Å². The third-order valence-electron chi connectivity index (χ3n) is 7.87. The van der Waals surface area contributed by atoms with E-state index >= 15 is 0 Å². The Kier molecular flexibility index (Phi) is 11.6. The van der Waals surface area contributed by atoms with Gasteiger partial charge in [0.05, 0.1) is 37.6 Å². The minimum absolute atomic E-state index is 0.250. The van der Waals surface area contributed by atoms with Crippen LogP contribution in [0.5, 0.6) is 0 Å². The zero-order chi connectivity index (χ0) is 30.9. The fourth-order valence-corrected chi connectivity index (χ4v) is 6.90. The van der Waals surface area contributed by atoms with Crippen molar-refractivity contribution in [2.75, 3.05) is 7.11 Å². The van der Waals surface area contributed by atoms with E-state index in [-0.39, 0.29) is 31.0 Å². The van der Waals surface area contributed by atoms with Crippen LogP contribution in [-0.2, 0) is 61.7 Å². The molecule has 5 rings (SSSR count). The van der Waals surface area contributed by atoms with Crippen molar-refractivity contribution in [1.29, 1.82) is 0 Å². The second-order valence-electron chi connectivity index (χ2n) is 11.3. The predicted octanol–water partition coefficient (Wildman–Crippen LogP) is 5.37. The standard InChI is InChI=1S/C34H42O9S/c1-24-33(29(19-31(37-3)40-24)38-21-26-13-7-4-8-14-26)42-32-20-30(39-22-27-15-9-5-10-16-27)34(25(2)41-32)43-44(35,36)23-28-17-11-6-12-18-28/h4-18,24-25,29-34H,19-23H2,1-3H3/t24-,25-,29-,30-,31+,32-,33-,34-/m1/s1. The van der Waals surface area contributed by atoms with Gasteiger partial charge in [-0.3, -0.25) is 4.18 Å². The molecule has 0 bridgehead atoms. The van der Waals surface area contributed by atoms with E-state index in [1.54, 1.807) is 38.3 Å². The van der Waals surface area contributed by atoms with Gasteiger partial charge in [-0.1, -0.05) is 91.0 Å². The maximum Gasteiger partial charge on any atom is 0.271 e. The molecule has 0 aliphatic carbocycles. The minimum Gasteiger partial charge on any atom is -0.371 e. The number of methoxy groups -OCH3 is 1. The van der Waals surface area contributed by atoms with Gasteiger partial charge in [0.2, 0.25) is 0 Å². The van der Waals surface area contributed by atoms with Crippen LogP contribution in [0.1, 0.15) is 43.4 Å². The molecule has 0 saturated carbocycles. The van der Waals surface area contributed by atoms with Crippen LogP contribution < -0.4 is 0 Å². The van der Waals surface area contributed by atoms with Crippen molar-refractivity contribution in [2.45, 2.75) is 94.9 Å². The summed E-state index contributed by atoms with van der Waals surface area (Å²) in [5.41, 5.74) is 2.65. The molecule has 0 aromatic heterocycles. The Morgan fingerprint density at radius 2 is 1.11 bits per heavy atom. The first kappa shape index (κ1) is 32.7. The van der Waals surface area contributed by atoms with Gasteiger partial charge in [-0.2, -0.15) is 8.42 Å². The van der Waals surface area contributed by atoms with E-state index in [0.29, 0.717) is 18.6 Å². The van der Waals surface area contributed by atoms with Gasteiger partial charge in [0.1, 0.15) is 18.0 Å². The summed E-state index contributed by atoms with van der Waals surface area (Å²) >= 11 is 0. The molecule has 3 aromatic rings. The van der Waals surface area contributed by atoms with Crippen LogP contribution in [0.4, 0.5) is 0 Å². The highest BCUT2D eigenvalue weighted by molar-refractivity contribution is 7.85. The van der Waals surface area contributed by atoms with Crippen LogP contribution in [0.2, 0.25) is 0 Å². The number of ether oxygens (including phenoxy) is 6. The summed E-state index contributed by atoms with van der Waals surface area (Å²) in [5.74, 6) is -0.250. The average molecular weight is 627 g/mol. The first-order valence-electron chi connectivity index (χ1n) is 15.0. The van der Waals surface area contributed by atoms with E-state index < -0.39 is 47.1 Å². The molecule has 0 amide bonds. The largest absolute Gasteiger partial charge is 0.371 e. The van der Waals surface area contributed by atoms with Crippen molar-refractivity contribution < 1.29 is 41.0 Å². The van der Waals surface area contributed by atoms with Gasteiger partial charge in [-0.05, 0) is 30.5 Å². The summed E-state index contributed by atoms with van der Waals surface area (Å²) in [6.45, 7) is 4.40. The normalized spacial score (nSPS) is 29.3. The van der Waals surface area contributed by atoms with Crippen LogP contribution in [-0.4, -0.2) is 64.7 Å². The fraction of sp³-hybridized carbons (Fsp3) is 0.471. The lowest BCUT2D eigenvalue weighted by atomic mass is 10.00. The summed E-state index contributed by atoms with van der Waals surface area (Å²) in [6, 6.07) is 28.6. The molecule has 44 heavy (non-hydrogen) atoms. The van der Waals surface area contributed by atoms with Gasteiger partial charge in [0.15, 0.2) is 12.6 Å². The summed E-state index contributed by atoms with van der Waals surface area (Å²) in [7, 11) is -2.33. The molecule has 238 valence electrons. The summed E-state index contributed by atoms with van der Waals surface area (Å²) in [6.07, 6.45) is -3.66. The molecule has 2 aliphatic heterocycles. The zero-order valence-electron chi connectivity index (χ0n) is 25.4. The molecule has 10 heteroatoms. The first-order chi connectivity index (χ1) is 21.3. The molecular formula is C34H42O9S. The van der Waals surface area contributed by atoms with Gasteiger partial charge in [0.25, 0.3) is 10.1 Å². The molecule has 0 spiro atoms. The third kappa shape index (κ3) is 9.18. The summed E-state index contributed by atoms with van der Waals surface area (Å²) in [5, 5.41) is 0. The molecule has 2 fully saturated rings. The Bertz CT molecular complexity index is 1370. The summed E-state index contributed by atoms with van der Waals surface area (Å²) in [4.78, 5) is 0. The van der Waals surface area contributed by atoms with Gasteiger partial charge in [-0.15, -0.1) is 0 Å². The number of hydrogen-bond acceptors (Lipinski definition) is 9. The molecular weight excluding hydrogens is 584 g/mol. The quantitative estimate of drug-likeness (QED) is 0.232. The Morgan fingerprint density at radius 1 is 0.659 bits per heavy atom. The maximum absolute atomic E-state index is 13.2. The average Bonchev–Trinajstić information content (AvgIpc) is 3.02. The smallest absolute Gasteiger partial charge is 0.271 e. The molecule has 0 N–H and O–H groups in total. The number of rotatable bonds is 13. The Hall–Kier alpha value is -2.67.